The van der Waals surface area contributed by atoms with Crippen LogP contribution in [-0.2, 0) is 10.0 Å². The van der Waals surface area contributed by atoms with E-state index in [9.17, 15) is 13.2 Å². The number of ketones is 1. The molecule has 0 amide bonds. The summed E-state index contributed by atoms with van der Waals surface area (Å²) < 4.78 is 32.6. The minimum Gasteiger partial charge on any atom is -0.489 e. The number of rotatable bonds is 3. The molecule has 0 atom stereocenters. The van der Waals surface area contributed by atoms with Gasteiger partial charge in [-0.05, 0) is 37.3 Å². The Labute approximate surface area is 139 Å². The molecular formula is C16H14ClNO4S. The molecular weight excluding hydrogens is 338 g/mol. The zero-order valence-electron chi connectivity index (χ0n) is 12.3. The van der Waals surface area contributed by atoms with Gasteiger partial charge >= 0.3 is 0 Å². The van der Waals surface area contributed by atoms with Gasteiger partial charge in [-0.3, -0.25) is 9.10 Å². The standard InChI is InChI=1S/C16H14ClNO4S/c1-11(19)12-3-2-4-14(9-12)23(20,21)18-7-8-22-16-6-5-13(17)10-15(16)18/h2-6,9-10H,7-8H2,1H3. The van der Waals surface area contributed by atoms with Crippen molar-refractivity contribution in [2.24, 2.45) is 0 Å². The smallest absolute Gasteiger partial charge is 0.264 e. The molecule has 1 aliphatic heterocycles. The van der Waals surface area contributed by atoms with Crippen LogP contribution in [0.2, 0.25) is 5.02 Å². The van der Waals surface area contributed by atoms with Crippen LogP contribution in [0.3, 0.4) is 0 Å². The number of carbonyl (C=O) groups is 1. The van der Waals surface area contributed by atoms with Crippen LogP contribution in [0, 0.1) is 0 Å². The van der Waals surface area contributed by atoms with Crippen molar-refractivity contribution in [3.8, 4) is 5.75 Å². The number of Topliss-reactive ketones (excluding diaryl/α,β-unsaturated/α-hetero) is 1. The number of nitrogens with zero attached hydrogens (tertiary/aromatic N) is 1. The summed E-state index contributed by atoms with van der Waals surface area (Å²) in [6.45, 7) is 1.83. The van der Waals surface area contributed by atoms with E-state index in [0.29, 0.717) is 22.0 Å². The Hall–Kier alpha value is -2.05. The average molecular weight is 352 g/mol. The van der Waals surface area contributed by atoms with Gasteiger partial charge in [0, 0.05) is 10.6 Å². The van der Waals surface area contributed by atoms with Crippen LogP contribution >= 0.6 is 11.6 Å². The molecule has 0 saturated carbocycles. The third-order valence-corrected chi connectivity index (χ3v) is 5.61. The summed E-state index contributed by atoms with van der Waals surface area (Å²) in [7, 11) is -3.81. The van der Waals surface area contributed by atoms with Crippen LogP contribution in [0.1, 0.15) is 17.3 Å². The predicted molar refractivity (Wildman–Crippen MR) is 87.9 cm³/mol. The summed E-state index contributed by atoms with van der Waals surface area (Å²) in [6.07, 6.45) is 0. The molecule has 1 heterocycles. The first-order valence-corrected chi connectivity index (χ1v) is 8.77. The molecule has 0 saturated heterocycles. The van der Waals surface area contributed by atoms with Crippen molar-refractivity contribution in [1.82, 2.24) is 0 Å². The number of hydrogen-bond donors (Lipinski definition) is 0. The highest BCUT2D eigenvalue weighted by molar-refractivity contribution is 7.92. The molecule has 3 rings (SSSR count). The van der Waals surface area contributed by atoms with Gasteiger partial charge < -0.3 is 4.74 Å². The van der Waals surface area contributed by atoms with E-state index in [4.69, 9.17) is 16.3 Å². The summed E-state index contributed by atoms with van der Waals surface area (Å²) >= 11 is 5.98. The van der Waals surface area contributed by atoms with Gasteiger partial charge in [0.2, 0.25) is 0 Å². The third kappa shape index (κ3) is 2.92. The lowest BCUT2D eigenvalue weighted by Gasteiger charge is -2.30. The molecule has 0 bridgehead atoms. The minimum absolute atomic E-state index is 0.0676. The van der Waals surface area contributed by atoms with E-state index in [0.717, 1.165) is 0 Å². The van der Waals surface area contributed by atoms with E-state index in [2.05, 4.69) is 0 Å². The van der Waals surface area contributed by atoms with E-state index >= 15 is 0 Å². The molecule has 0 N–H and O–H groups in total. The first kappa shape index (κ1) is 15.8. The van der Waals surface area contributed by atoms with Gasteiger partial charge in [-0.2, -0.15) is 0 Å². The summed E-state index contributed by atoms with van der Waals surface area (Å²) in [5.41, 5.74) is 0.752. The summed E-state index contributed by atoms with van der Waals surface area (Å²) in [4.78, 5) is 11.6. The maximum atomic E-state index is 13.0. The highest BCUT2D eigenvalue weighted by atomic mass is 35.5. The molecule has 0 spiro atoms. The third-order valence-electron chi connectivity index (χ3n) is 3.57. The molecule has 7 heteroatoms. The van der Waals surface area contributed by atoms with Gasteiger partial charge in [0.15, 0.2) is 5.78 Å². The van der Waals surface area contributed by atoms with Crippen LogP contribution in [0.5, 0.6) is 5.75 Å². The molecule has 0 unspecified atom stereocenters. The van der Waals surface area contributed by atoms with Gasteiger partial charge in [0.05, 0.1) is 17.1 Å². The van der Waals surface area contributed by atoms with E-state index in [1.54, 1.807) is 30.3 Å². The fourth-order valence-corrected chi connectivity index (χ4v) is 4.08. The van der Waals surface area contributed by atoms with E-state index in [1.807, 2.05) is 0 Å². The lowest BCUT2D eigenvalue weighted by molar-refractivity contribution is 0.101. The van der Waals surface area contributed by atoms with Crippen molar-refractivity contribution < 1.29 is 17.9 Å². The van der Waals surface area contributed by atoms with Gasteiger partial charge in [-0.25, -0.2) is 8.42 Å². The number of ether oxygens (including phenoxy) is 1. The Balaban J connectivity index is 2.10. The summed E-state index contributed by atoms with van der Waals surface area (Å²) in [6, 6.07) is 10.9. The van der Waals surface area contributed by atoms with Crippen LogP contribution in [0.25, 0.3) is 0 Å². The normalized spacial score (nSPS) is 14.1. The predicted octanol–water partition coefficient (Wildman–Crippen LogP) is 3.13. The van der Waals surface area contributed by atoms with Crippen molar-refractivity contribution >= 4 is 33.1 Å². The second kappa shape index (κ2) is 5.86. The number of anilines is 1. The number of fused-ring (bicyclic) bond motifs is 1. The Morgan fingerprint density at radius 3 is 2.74 bits per heavy atom. The Kier molecular flexibility index (Phi) is 4.04. The van der Waals surface area contributed by atoms with Gasteiger partial charge in [0.25, 0.3) is 10.0 Å². The largest absolute Gasteiger partial charge is 0.489 e. The van der Waals surface area contributed by atoms with Crippen molar-refractivity contribution in [3.63, 3.8) is 0 Å². The molecule has 120 valence electrons. The molecule has 2 aromatic carbocycles. The first-order chi connectivity index (χ1) is 10.9. The summed E-state index contributed by atoms with van der Waals surface area (Å²) in [5, 5.41) is 0.423. The molecule has 5 nitrogen and oxygen atoms in total. The number of hydrogen-bond acceptors (Lipinski definition) is 4. The second-order valence-corrected chi connectivity index (χ2v) is 7.42. The van der Waals surface area contributed by atoms with Crippen LogP contribution in [0.4, 0.5) is 5.69 Å². The molecule has 0 aromatic heterocycles. The van der Waals surface area contributed by atoms with E-state index < -0.39 is 10.0 Å². The van der Waals surface area contributed by atoms with Crippen molar-refractivity contribution in [2.45, 2.75) is 11.8 Å². The molecule has 1 aliphatic rings. The van der Waals surface area contributed by atoms with Gasteiger partial charge in [-0.15, -0.1) is 0 Å². The Morgan fingerprint density at radius 2 is 2.00 bits per heavy atom. The zero-order valence-corrected chi connectivity index (χ0v) is 13.9. The van der Waals surface area contributed by atoms with Crippen LogP contribution in [-0.4, -0.2) is 27.4 Å². The molecule has 0 radical (unpaired) electrons. The van der Waals surface area contributed by atoms with Crippen molar-refractivity contribution in [3.05, 3.63) is 53.1 Å². The maximum Gasteiger partial charge on any atom is 0.264 e. The van der Waals surface area contributed by atoms with E-state index in [1.165, 1.54) is 23.4 Å². The number of sulfonamides is 1. The second-order valence-electron chi connectivity index (χ2n) is 5.12. The highest BCUT2D eigenvalue weighted by Crippen LogP contribution is 2.37. The van der Waals surface area contributed by atoms with Crippen molar-refractivity contribution in [1.29, 1.82) is 0 Å². The van der Waals surface area contributed by atoms with Crippen molar-refractivity contribution in [2.75, 3.05) is 17.5 Å². The maximum absolute atomic E-state index is 13.0. The summed E-state index contributed by atoms with van der Waals surface area (Å²) in [5.74, 6) is 0.277. The fraction of sp³-hybridized carbons (Fsp3) is 0.188. The lowest BCUT2D eigenvalue weighted by atomic mass is 10.2. The Bertz CT molecular complexity index is 879. The Morgan fingerprint density at radius 1 is 1.22 bits per heavy atom. The quantitative estimate of drug-likeness (QED) is 0.797. The number of benzene rings is 2. The average Bonchev–Trinajstić information content (AvgIpc) is 2.54. The number of halogens is 1. The SMILES string of the molecule is CC(=O)c1cccc(S(=O)(=O)N2CCOc3ccc(Cl)cc32)c1. The number of carbonyl (C=O) groups excluding carboxylic acids is 1. The van der Waals surface area contributed by atoms with Gasteiger partial charge in [-0.1, -0.05) is 23.7 Å². The molecule has 0 fully saturated rings. The van der Waals surface area contributed by atoms with Crippen LogP contribution < -0.4 is 9.04 Å². The zero-order chi connectivity index (χ0) is 16.6. The van der Waals surface area contributed by atoms with Crippen LogP contribution in [0.15, 0.2) is 47.4 Å². The topological polar surface area (TPSA) is 63.7 Å². The fourth-order valence-electron chi connectivity index (χ4n) is 2.42. The molecule has 2 aromatic rings. The highest BCUT2D eigenvalue weighted by Gasteiger charge is 2.30. The first-order valence-electron chi connectivity index (χ1n) is 6.96. The van der Waals surface area contributed by atoms with E-state index in [-0.39, 0.29) is 23.8 Å². The van der Waals surface area contributed by atoms with Gasteiger partial charge in [0.1, 0.15) is 12.4 Å². The minimum atomic E-state index is -3.81. The molecule has 0 aliphatic carbocycles. The molecule has 23 heavy (non-hydrogen) atoms. The monoisotopic (exact) mass is 351 g/mol. The lowest BCUT2D eigenvalue weighted by Crippen LogP contribution is -2.38.